The molecule has 0 aromatic carbocycles. The van der Waals surface area contributed by atoms with Crippen molar-refractivity contribution in [2.24, 2.45) is 0 Å². The Labute approximate surface area is 153 Å². The Morgan fingerprint density at radius 3 is 2.65 bits per heavy atom. The first-order chi connectivity index (χ1) is 12.0. The molecule has 26 heavy (non-hydrogen) atoms. The van der Waals surface area contributed by atoms with E-state index in [1.807, 2.05) is 0 Å². The Morgan fingerprint density at radius 2 is 2.04 bits per heavy atom. The molecule has 10 heteroatoms. The Kier molecular flexibility index (Phi) is 4.72. The molecule has 1 aliphatic rings. The van der Waals surface area contributed by atoms with E-state index in [2.05, 4.69) is 48.8 Å². The number of nitrogens with two attached hydrogens (primary N) is 2. The standard InChI is InChI=1S/C16H28N6O3Si/c1-16(2,3)26(4,5)25-9-6-11(24-10(9)7-23)22-8-19-12-13(17)20-15(18)21-14(12)22/h8-11,23H,6-7H2,1-5H3,(H4,17,18,20,21)/t9-,10+,11-/m0/s1. The number of hydrogen-bond acceptors (Lipinski definition) is 8. The molecule has 0 radical (unpaired) electrons. The molecule has 1 fully saturated rings. The van der Waals surface area contributed by atoms with Crippen molar-refractivity contribution in [3.05, 3.63) is 6.33 Å². The van der Waals surface area contributed by atoms with Gasteiger partial charge in [0.25, 0.3) is 0 Å². The van der Waals surface area contributed by atoms with Crippen LogP contribution < -0.4 is 11.5 Å². The van der Waals surface area contributed by atoms with Crippen LogP contribution in [0.15, 0.2) is 6.33 Å². The number of fused-ring (bicyclic) bond motifs is 1. The average molecular weight is 381 g/mol. The van der Waals surface area contributed by atoms with Crippen LogP contribution in [0.4, 0.5) is 11.8 Å². The number of rotatable bonds is 4. The maximum absolute atomic E-state index is 9.77. The Balaban J connectivity index is 1.88. The number of aliphatic hydroxyl groups excluding tert-OH is 1. The van der Waals surface area contributed by atoms with Crippen LogP contribution in [-0.2, 0) is 9.16 Å². The van der Waals surface area contributed by atoms with Gasteiger partial charge in [-0.1, -0.05) is 20.8 Å². The molecular weight excluding hydrogens is 352 g/mol. The van der Waals surface area contributed by atoms with Crippen molar-refractivity contribution in [3.8, 4) is 0 Å². The monoisotopic (exact) mass is 380 g/mol. The normalized spacial score (nSPS) is 24.5. The number of ether oxygens (including phenoxy) is 1. The summed E-state index contributed by atoms with van der Waals surface area (Å²) >= 11 is 0. The largest absolute Gasteiger partial charge is 0.411 e. The molecule has 2 aromatic rings. The van der Waals surface area contributed by atoms with Crippen molar-refractivity contribution in [1.82, 2.24) is 19.5 Å². The molecule has 1 aliphatic heterocycles. The molecule has 0 aliphatic carbocycles. The second-order valence-corrected chi connectivity index (χ2v) is 13.0. The van der Waals surface area contributed by atoms with E-state index in [0.717, 1.165) is 0 Å². The molecule has 1 saturated heterocycles. The van der Waals surface area contributed by atoms with Gasteiger partial charge in [0.05, 0.1) is 19.0 Å². The van der Waals surface area contributed by atoms with Gasteiger partial charge in [0.1, 0.15) is 17.8 Å². The number of aromatic nitrogens is 4. The van der Waals surface area contributed by atoms with Crippen LogP contribution in [-0.4, -0.2) is 51.8 Å². The minimum atomic E-state index is -2.00. The zero-order valence-corrected chi connectivity index (χ0v) is 16.9. The van der Waals surface area contributed by atoms with E-state index in [4.69, 9.17) is 20.6 Å². The van der Waals surface area contributed by atoms with Gasteiger partial charge in [-0.15, -0.1) is 0 Å². The Morgan fingerprint density at radius 1 is 1.35 bits per heavy atom. The van der Waals surface area contributed by atoms with E-state index >= 15 is 0 Å². The first-order valence-corrected chi connectivity index (χ1v) is 11.6. The number of anilines is 2. The zero-order chi connectivity index (χ0) is 19.3. The Bertz CT molecular complexity index is 803. The average Bonchev–Trinajstić information content (AvgIpc) is 3.09. The predicted octanol–water partition coefficient (Wildman–Crippen LogP) is 1.66. The summed E-state index contributed by atoms with van der Waals surface area (Å²) in [5.74, 6) is 0.319. The highest BCUT2D eigenvalue weighted by atomic mass is 28.4. The lowest BCUT2D eigenvalue weighted by Gasteiger charge is -2.39. The van der Waals surface area contributed by atoms with Crippen molar-refractivity contribution < 1.29 is 14.3 Å². The van der Waals surface area contributed by atoms with Crippen molar-refractivity contribution in [3.63, 3.8) is 0 Å². The molecule has 3 rings (SSSR count). The molecule has 144 valence electrons. The van der Waals surface area contributed by atoms with Crippen LogP contribution in [0, 0.1) is 0 Å². The third-order valence-corrected chi connectivity index (χ3v) is 9.89. The fourth-order valence-electron chi connectivity index (χ4n) is 2.88. The van der Waals surface area contributed by atoms with Crippen molar-refractivity contribution in [2.45, 2.75) is 63.8 Å². The number of hydrogen-bond donors (Lipinski definition) is 3. The van der Waals surface area contributed by atoms with Gasteiger partial charge >= 0.3 is 0 Å². The number of nitrogens with zero attached hydrogens (tertiary/aromatic N) is 4. The number of nitrogen functional groups attached to an aromatic ring is 2. The second kappa shape index (κ2) is 6.45. The quantitative estimate of drug-likeness (QED) is 0.682. The van der Waals surface area contributed by atoms with Crippen LogP contribution in [0.2, 0.25) is 18.1 Å². The van der Waals surface area contributed by atoms with E-state index in [-0.39, 0.29) is 35.7 Å². The van der Waals surface area contributed by atoms with E-state index in [1.54, 1.807) is 10.9 Å². The predicted molar refractivity (Wildman–Crippen MR) is 102 cm³/mol. The maximum Gasteiger partial charge on any atom is 0.224 e. The third-order valence-electron chi connectivity index (χ3n) is 5.39. The van der Waals surface area contributed by atoms with Gasteiger partial charge in [-0.05, 0) is 18.1 Å². The molecule has 0 spiro atoms. The van der Waals surface area contributed by atoms with Gasteiger partial charge in [-0.25, -0.2) is 4.98 Å². The lowest BCUT2D eigenvalue weighted by Crippen LogP contribution is -2.46. The minimum Gasteiger partial charge on any atom is -0.411 e. The number of aliphatic hydroxyl groups is 1. The van der Waals surface area contributed by atoms with Gasteiger partial charge in [0.15, 0.2) is 19.8 Å². The number of imidazole rings is 1. The van der Waals surface area contributed by atoms with E-state index in [0.29, 0.717) is 17.6 Å². The lowest BCUT2D eigenvalue weighted by atomic mass is 10.2. The minimum absolute atomic E-state index is 0.0723. The summed E-state index contributed by atoms with van der Waals surface area (Å²) in [6.07, 6.45) is 1.25. The SMILES string of the molecule is CC(C)(C)[Si](C)(C)O[C@H]1C[C@@H](n2cnc3c(N)nc(N)nc32)O[C@@H]1CO. The second-order valence-electron chi connectivity index (χ2n) is 8.26. The smallest absolute Gasteiger partial charge is 0.224 e. The third kappa shape index (κ3) is 3.29. The van der Waals surface area contributed by atoms with Crippen LogP contribution in [0.3, 0.4) is 0 Å². The van der Waals surface area contributed by atoms with Crippen LogP contribution in [0.1, 0.15) is 33.4 Å². The van der Waals surface area contributed by atoms with Crippen molar-refractivity contribution >= 4 is 31.2 Å². The molecular formula is C16H28N6O3Si. The van der Waals surface area contributed by atoms with E-state index in [9.17, 15) is 5.11 Å². The summed E-state index contributed by atoms with van der Waals surface area (Å²) in [6, 6.07) is 0. The molecule has 9 nitrogen and oxygen atoms in total. The van der Waals surface area contributed by atoms with Crippen LogP contribution >= 0.6 is 0 Å². The maximum atomic E-state index is 9.77. The van der Waals surface area contributed by atoms with E-state index < -0.39 is 14.4 Å². The highest BCUT2D eigenvalue weighted by Gasteiger charge is 2.45. The summed E-state index contributed by atoms with van der Waals surface area (Å²) in [6.45, 7) is 10.8. The highest BCUT2D eigenvalue weighted by Crippen LogP contribution is 2.41. The molecule has 3 atom stereocenters. The summed E-state index contributed by atoms with van der Waals surface area (Å²) < 4.78 is 14.3. The molecule has 0 amide bonds. The fourth-order valence-corrected chi connectivity index (χ4v) is 4.24. The van der Waals surface area contributed by atoms with Gasteiger partial charge in [0.2, 0.25) is 5.95 Å². The summed E-state index contributed by atoms with van der Waals surface area (Å²) in [7, 11) is -2.00. The molecule has 0 saturated carbocycles. The van der Waals surface area contributed by atoms with Gasteiger partial charge < -0.3 is 25.7 Å². The molecule has 5 N–H and O–H groups in total. The first-order valence-electron chi connectivity index (χ1n) is 8.73. The zero-order valence-electron chi connectivity index (χ0n) is 15.9. The highest BCUT2D eigenvalue weighted by molar-refractivity contribution is 6.74. The molecule has 2 aromatic heterocycles. The lowest BCUT2D eigenvalue weighted by molar-refractivity contribution is -0.0410. The van der Waals surface area contributed by atoms with Gasteiger partial charge in [0, 0.05) is 6.42 Å². The van der Waals surface area contributed by atoms with Crippen LogP contribution in [0.5, 0.6) is 0 Å². The van der Waals surface area contributed by atoms with Crippen molar-refractivity contribution in [1.29, 1.82) is 0 Å². The fraction of sp³-hybridized carbons (Fsp3) is 0.688. The summed E-state index contributed by atoms with van der Waals surface area (Å²) in [4.78, 5) is 12.5. The molecule has 0 unspecified atom stereocenters. The van der Waals surface area contributed by atoms with Gasteiger partial charge in [-0.2, -0.15) is 9.97 Å². The van der Waals surface area contributed by atoms with Crippen LogP contribution in [0.25, 0.3) is 11.2 Å². The summed E-state index contributed by atoms with van der Waals surface area (Å²) in [5.41, 5.74) is 12.6. The first kappa shape index (κ1) is 19.0. The Hall–Kier alpha value is -1.75. The summed E-state index contributed by atoms with van der Waals surface area (Å²) in [5, 5.41) is 9.85. The molecule has 3 heterocycles. The van der Waals surface area contributed by atoms with Gasteiger partial charge in [-0.3, -0.25) is 4.57 Å². The topological polar surface area (TPSA) is 134 Å². The molecule has 0 bridgehead atoms. The van der Waals surface area contributed by atoms with E-state index in [1.165, 1.54) is 0 Å². The van der Waals surface area contributed by atoms with Crippen molar-refractivity contribution in [2.75, 3.05) is 18.1 Å².